The Bertz CT molecular complexity index is 3670. The molecule has 10 aromatic rings. The lowest BCUT2D eigenvalue weighted by Crippen LogP contribution is -2.29. The van der Waals surface area contributed by atoms with E-state index in [1.54, 1.807) is 45.5 Å². The molecule has 7 heterocycles. The Labute approximate surface area is 418 Å². The summed E-state index contributed by atoms with van der Waals surface area (Å²) >= 11 is 7.56. The average molecular weight is 1010 g/mol. The number of pyridine rings is 3. The summed E-state index contributed by atoms with van der Waals surface area (Å²) in [6.45, 7) is 9.29. The molecule has 72 heavy (non-hydrogen) atoms. The zero-order chi connectivity index (χ0) is 50.9. The summed E-state index contributed by atoms with van der Waals surface area (Å²) in [6, 6.07) is 25.7. The molecule has 0 bridgehead atoms. The maximum Gasteiger partial charge on any atom is 0.271 e. The van der Waals surface area contributed by atoms with Crippen LogP contribution >= 0.6 is 23.4 Å². The van der Waals surface area contributed by atoms with E-state index in [1.165, 1.54) is 77.3 Å². The average Bonchev–Trinajstić information content (AvgIpc) is 4.14. The number of aromatic nitrogens is 11. The summed E-state index contributed by atoms with van der Waals surface area (Å²) in [6.07, 6.45) is 13.7. The zero-order valence-electron chi connectivity index (χ0n) is 38.6. The minimum absolute atomic E-state index is 0.0257. The highest BCUT2D eigenvalue weighted by molar-refractivity contribution is 7.99. The molecule has 362 valence electrons. The third-order valence-corrected chi connectivity index (χ3v) is 11.6. The number of allylic oxidation sites excluding steroid dienone is 2. The number of halogens is 3. The van der Waals surface area contributed by atoms with E-state index in [0.717, 1.165) is 44.3 Å². The second kappa shape index (κ2) is 22.2. The molecule has 0 atom stereocenters. The van der Waals surface area contributed by atoms with Crippen molar-refractivity contribution in [2.45, 2.75) is 17.0 Å². The molecule has 3 aromatic carbocycles. The summed E-state index contributed by atoms with van der Waals surface area (Å²) in [5.41, 5.74) is 10.4. The summed E-state index contributed by atoms with van der Waals surface area (Å²) in [5.74, 6) is -2.10. The second-order valence-corrected chi connectivity index (χ2v) is 16.7. The van der Waals surface area contributed by atoms with Crippen molar-refractivity contribution in [3.63, 3.8) is 0 Å². The van der Waals surface area contributed by atoms with E-state index in [0.29, 0.717) is 16.5 Å². The van der Waals surface area contributed by atoms with Crippen LogP contribution in [0.4, 0.5) is 20.3 Å². The number of ether oxygens (including phenoxy) is 2. The van der Waals surface area contributed by atoms with Crippen LogP contribution in [0, 0.1) is 11.6 Å². The molecule has 0 saturated carbocycles. The SMILES string of the molecule is C=CC(=C)c1cnn(C)c1.CCOc1ccn(-c2ccc(F)cc2)c(=O)c1C(=O)Nc1ccc(Oc2ccnc(N)c2Cl)c(F)c1.Cn1cc(-c2ccc3nnc(Sc4ccc5ncccc5c4)n3n2)cn1. The van der Waals surface area contributed by atoms with Gasteiger partial charge in [-0.2, -0.15) is 19.8 Å². The number of carbonyl (C=O) groups is 1. The van der Waals surface area contributed by atoms with E-state index in [2.05, 4.69) is 60.0 Å². The molecule has 3 N–H and O–H groups in total. The summed E-state index contributed by atoms with van der Waals surface area (Å²) < 4.78 is 45.4. The molecule has 0 fully saturated rings. The monoisotopic (exact) mass is 1010 g/mol. The third-order valence-electron chi connectivity index (χ3n) is 10.3. The van der Waals surface area contributed by atoms with E-state index in [-0.39, 0.29) is 45.9 Å². The number of nitrogens with one attached hydrogen (secondary N) is 1. The predicted molar refractivity (Wildman–Crippen MR) is 273 cm³/mol. The highest BCUT2D eigenvalue weighted by Gasteiger charge is 2.21. The first-order valence-corrected chi connectivity index (χ1v) is 22.9. The molecule has 21 heteroatoms. The van der Waals surface area contributed by atoms with Crippen LogP contribution in [0.5, 0.6) is 17.2 Å². The van der Waals surface area contributed by atoms with E-state index >= 15 is 0 Å². The Balaban J connectivity index is 0.000000166. The van der Waals surface area contributed by atoms with Gasteiger partial charge in [-0.1, -0.05) is 36.9 Å². The molecule has 1 amide bonds. The van der Waals surface area contributed by atoms with Gasteiger partial charge in [0.15, 0.2) is 23.0 Å². The van der Waals surface area contributed by atoms with Gasteiger partial charge in [-0.05, 0) is 103 Å². The number of hydrogen-bond donors (Lipinski definition) is 2. The highest BCUT2D eigenvalue weighted by atomic mass is 35.5. The van der Waals surface area contributed by atoms with Gasteiger partial charge >= 0.3 is 0 Å². The summed E-state index contributed by atoms with van der Waals surface area (Å²) in [7, 11) is 3.76. The van der Waals surface area contributed by atoms with Crippen molar-refractivity contribution in [3.8, 4) is 34.2 Å². The molecule has 0 aliphatic carbocycles. The van der Waals surface area contributed by atoms with Crippen molar-refractivity contribution in [1.82, 2.24) is 53.9 Å². The van der Waals surface area contributed by atoms with Gasteiger partial charge in [0, 0.05) is 90.0 Å². The van der Waals surface area contributed by atoms with Crippen LogP contribution < -0.4 is 26.1 Å². The van der Waals surface area contributed by atoms with E-state index in [9.17, 15) is 18.4 Å². The molecule has 0 spiro atoms. The number of carbonyl (C=O) groups excluding carboxylic acids is 1. The fourth-order valence-corrected chi connectivity index (χ4v) is 7.76. The Morgan fingerprint density at radius 1 is 0.889 bits per heavy atom. The summed E-state index contributed by atoms with van der Waals surface area (Å²) in [4.78, 5) is 35.5. The van der Waals surface area contributed by atoms with E-state index in [4.69, 9.17) is 26.8 Å². The van der Waals surface area contributed by atoms with Gasteiger partial charge in [0.05, 0.1) is 30.2 Å². The number of rotatable bonds is 12. The van der Waals surface area contributed by atoms with Crippen molar-refractivity contribution in [1.29, 1.82) is 0 Å². The number of nitrogens with zero attached hydrogens (tertiary/aromatic N) is 11. The minimum atomic E-state index is -0.821. The van der Waals surface area contributed by atoms with Gasteiger partial charge < -0.3 is 20.5 Å². The lowest BCUT2D eigenvalue weighted by atomic mass is 10.2. The number of fused-ring (bicyclic) bond motifs is 2. The number of amides is 1. The molecule has 7 aromatic heterocycles. The first-order valence-electron chi connectivity index (χ1n) is 21.7. The fraction of sp³-hybridized carbons (Fsp3) is 0.0784. The number of aryl methyl sites for hydroxylation is 2. The normalized spacial score (nSPS) is 10.8. The zero-order valence-corrected chi connectivity index (χ0v) is 40.2. The Morgan fingerprint density at radius 3 is 2.40 bits per heavy atom. The highest BCUT2D eigenvalue weighted by Crippen LogP contribution is 2.34. The Kier molecular flexibility index (Phi) is 15.2. The van der Waals surface area contributed by atoms with Crippen LogP contribution in [0.3, 0.4) is 0 Å². The summed E-state index contributed by atoms with van der Waals surface area (Å²) in [5, 5.41) is 25.7. The molecule has 0 saturated heterocycles. The second-order valence-electron chi connectivity index (χ2n) is 15.3. The smallest absolute Gasteiger partial charge is 0.271 e. The molecule has 10 rings (SSSR count). The number of nitrogens with two attached hydrogens (primary N) is 1. The Morgan fingerprint density at radius 2 is 1.68 bits per heavy atom. The van der Waals surface area contributed by atoms with Gasteiger partial charge in [0.25, 0.3) is 11.5 Å². The molecule has 0 aliphatic rings. The van der Waals surface area contributed by atoms with Crippen molar-refractivity contribution in [3.05, 3.63) is 198 Å². The first-order chi connectivity index (χ1) is 34.8. The number of nitrogen functional groups attached to an aromatic ring is 1. The lowest BCUT2D eigenvalue weighted by molar-refractivity contribution is 0.102. The van der Waals surface area contributed by atoms with Crippen molar-refractivity contribution in [2.24, 2.45) is 14.1 Å². The van der Waals surface area contributed by atoms with Crippen LogP contribution in [0.1, 0.15) is 22.8 Å². The van der Waals surface area contributed by atoms with Gasteiger partial charge in [0.1, 0.15) is 28.0 Å². The Hall–Kier alpha value is -9.01. The molecule has 0 radical (unpaired) electrons. The van der Waals surface area contributed by atoms with E-state index in [1.807, 2.05) is 62.9 Å². The van der Waals surface area contributed by atoms with Crippen LogP contribution in [0.25, 0.3) is 39.1 Å². The number of benzene rings is 3. The van der Waals surface area contributed by atoms with Crippen molar-refractivity contribution in [2.75, 3.05) is 17.7 Å². The number of anilines is 2. The van der Waals surface area contributed by atoms with Gasteiger partial charge in [-0.3, -0.25) is 28.5 Å². The number of hydrogen-bond acceptors (Lipinski definition) is 13. The lowest BCUT2D eigenvalue weighted by Gasteiger charge is -2.14. The first kappa shape index (κ1) is 49.4. The third kappa shape index (κ3) is 11.5. The minimum Gasteiger partial charge on any atom is -0.493 e. The largest absolute Gasteiger partial charge is 0.493 e. The van der Waals surface area contributed by atoms with Crippen molar-refractivity contribution < 1.29 is 23.0 Å². The molecule has 0 aliphatic heterocycles. The van der Waals surface area contributed by atoms with E-state index < -0.39 is 23.1 Å². The van der Waals surface area contributed by atoms with Gasteiger partial charge in [0.2, 0.25) is 5.16 Å². The van der Waals surface area contributed by atoms with Crippen LogP contribution in [-0.2, 0) is 14.1 Å². The predicted octanol–water partition coefficient (Wildman–Crippen LogP) is 10.0. The van der Waals surface area contributed by atoms with Crippen LogP contribution in [0.2, 0.25) is 5.02 Å². The maximum absolute atomic E-state index is 14.7. The molecule has 17 nitrogen and oxygen atoms in total. The fourth-order valence-electron chi connectivity index (χ4n) is 6.77. The quantitative estimate of drug-likeness (QED) is 0.110. The maximum atomic E-state index is 14.7. The topological polar surface area (TPSA) is 200 Å². The molecular weight excluding hydrogens is 964 g/mol. The van der Waals surface area contributed by atoms with Crippen LogP contribution in [-0.4, -0.2) is 66.4 Å². The van der Waals surface area contributed by atoms with Gasteiger partial charge in [-0.25, -0.2) is 13.8 Å². The van der Waals surface area contributed by atoms with Gasteiger partial charge in [-0.15, -0.1) is 10.2 Å². The molecule has 0 unspecified atom stereocenters. The van der Waals surface area contributed by atoms with Crippen molar-refractivity contribution >= 4 is 62.9 Å². The standard InChI is InChI=1S/C25H19ClF2N4O4.C18H13N7S.C8H10N2/c1-2-35-19-10-12-32(16-6-3-14(27)4-7-16)25(34)21(19)24(33)31-15-5-8-18(17(28)13-15)36-20-9-11-30-23(29)22(20)26;1-24-11-13(10-20-24)16-6-7-17-21-22-18(25(17)23-16)26-14-4-5-15-12(9-14)3-2-8-19-15;1-4-7(2)8-5-9-10(3)6-8/h3-13H,2H2,1H3,(H2,29,30)(H,31,33);2-11H,1H3;4-6H,1-2H2,3H3. The molecular formula is C51H42ClF2N13O4S. The van der Waals surface area contributed by atoms with Crippen LogP contribution in [0.15, 0.2) is 175 Å².